The van der Waals surface area contributed by atoms with Crippen LogP contribution in [-0.2, 0) is 0 Å². The van der Waals surface area contributed by atoms with Gasteiger partial charge in [-0.2, -0.15) is 0 Å². The van der Waals surface area contributed by atoms with E-state index in [4.69, 9.17) is 9.98 Å². The molecule has 0 saturated carbocycles. The van der Waals surface area contributed by atoms with Crippen LogP contribution in [0.4, 0.5) is 0 Å². The zero-order valence-corrected chi connectivity index (χ0v) is 30.5. The summed E-state index contributed by atoms with van der Waals surface area (Å²) in [5, 5.41) is 14.9. The largest absolute Gasteiger partial charge is 0.360 e. The third kappa shape index (κ3) is 5.52. The molecule has 1 N–H and O–H groups in total. The Morgan fingerprint density at radius 1 is 0.393 bits per heavy atom. The van der Waals surface area contributed by atoms with Gasteiger partial charge in [-0.05, 0) is 101 Å². The van der Waals surface area contributed by atoms with Crippen LogP contribution in [0.1, 0.15) is 22.9 Å². The number of para-hydroxylation sites is 1. The first-order chi connectivity index (χ1) is 27.7. The summed E-state index contributed by atoms with van der Waals surface area (Å²) in [6, 6.07) is 67.6. The predicted molar refractivity (Wildman–Crippen MR) is 236 cm³/mol. The number of pyridine rings is 1. The van der Waals surface area contributed by atoms with E-state index in [1.165, 1.54) is 54.2 Å². The monoisotopic (exact) mass is 713 g/mol. The zero-order valence-electron chi connectivity index (χ0n) is 30.5. The summed E-state index contributed by atoms with van der Waals surface area (Å²) in [6.07, 6.45) is 3.90. The molecule has 1 aromatic heterocycles. The number of hydrogen-bond acceptors (Lipinski definition) is 3. The molecule has 1 aliphatic heterocycles. The summed E-state index contributed by atoms with van der Waals surface area (Å²) in [5.74, 6) is 0. The molecule has 1 atom stereocenters. The molecule has 3 nitrogen and oxygen atoms in total. The van der Waals surface area contributed by atoms with E-state index in [0.717, 1.165) is 50.1 Å². The molecule has 3 heteroatoms. The molecule has 0 bridgehead atoms. The van der Waals surface area contributed by atoms with Crippen molar-refractivity contribution in [2.45, 2.75) is 6.17 Å². The minimum absolute atomic E-state index is 0.289. The topological polar surface area (TPSA) is 37.3 Å². The van der Waals surface area contributed by atoms with Gasteiger partial charge in [-0.25, -0.2) is 0 Å². The van der Waals surface area contributed by atoms with Crippen molar-refractivity contribution in [1.29, 1.82) is 0 Å². The van der Waals surface area contributed by atoms with Gasteiger partial charge in [-0.1, -0.05) is 164 Å². The summed E-state index contributed by atoms with van der Waals surface area (Å²) >= 11 is 0. The number of nitrogens with zero attached hydrogens (tertiary/aromatic N) is 2. The van der Waals surface area contributed by atoms with E-state index < -0.39 is 0 Å². The second kappa shape index (κ2) is 13.2. The van der Waals surface area contributed by atoms with Gasteiger partial charge < -0.3 is 5.32 Å². The third-order valence-corrected chi connectivity index (χ3v) is 11.3. The number of nitrogens with one attached hydrogen (secondary N) is 1. The van der Waals surface area contributed by atoms with Crippen LogP contribution in [0.25, 0.3) is 81.9 Å². The normalized spacial score (nSPS) is 14.2. The van der Waals surface area contributed by atoms with Crippen molar-refractivity contribution >= 4 is 65.4 Å². The molecule has 1 aliphatic rings. The fourth-order valence-corrected chi connectivity index (χ4v) is 8.48. The van der Waals surface area contributed by atoms with Crippen LogP contribution >= 0.6 is 0 Å². The Hall–Kier alpha value is -7.36. The second-order valence-corrected chi connectivity index (χ2v) is 14.6. The second-order valence-electron chi connectivity index (χ2n) is 14.6. The van der Waals surface area contributed by atoms with Crippen molar-refractivity contribution in [2.75, 3.05) is 0 Å². The first-order valence-corrected chi connectivity index (χ1v) is 19.2. The summed E-state index contributed by atoms with van der Waals surface area (Å²) in [5.41, 5.74) is 11.0. The molecule has 0 amide bonds. The first-order valence-electron chi connectivity index (χ1n) is 19.2. The smallest absolute Gasteiger partial charge is 0.145 e. The van der Waals surface area contributed by atoms with Gasteiger partial charge >= 0.3 is 0 Å². The quantitative estimate of drug-likeness (QED) is 0.180. The van der Waals surface area contributed by atoms with Gasteiger partial charge in [-0.3, -0.25) is 9.98 Å². The minimum atomic E-state index is -0.289. The molecule has 0 radical (unpaired) electrons. The van der Waals surface area contributed by atoms with E-state index in [1.54, 1.807) is 0 Å². The van der Waals surface area contributed by atoms with Gasteiger partial charge in [0.15, 0.2) is 0 Å². The van der Waals surface area contributed by atoms with Crippen LogP contribution in [-0.4, -0.2) is 10.7 Å². The maximum Gasteiger partial charge on any atom is 0.145 e. The molecule has 56 heavy (non-hydrogen) atoms. The molecule has 262 valence electrons. The highest BCUT2D eigenvalue weighted by Crippen LogP contribution is 2.37. The summed E-state index contributed by atoms with van der Waals surface area (Å²) < 4.78 is 0. The van der Waals surface area contributed by atoms with Gasteiger partial charge in [0, 0.05) is 28.4 Å². The molecule has 11 rings (SSSR count). The minimum Gasteiger partial charge on any atom is -0.360 e. The lowest BCUT2D eigenvalue weighted by Gasteiger charge is -2.26. The fourth-order valence-electron chi connectivity index (χ4n) is 8.48. The number of aliphatic imine (C=N–C) groups is 1. The number of fused-ring (bicyclic) bond motifs is 7. The highest BCUT2D eigenvalue weighted by atomic mass is 15.1. The lowest BCUT2D eigenvalue weighted by molar-refractivity contribution is 0.664. The van der Waals surface area contributed by atoms with Crippen LogP contribution in [0.3, 0.4) is 0 Å². The van der Waals surface area contributed by atoms with Gasteiger partial charge in [0.25, 0.3) is 0 Å². The van der Waals surface area contributed by atoms with Crippen LogP contribution in [0.2, 0.25) is 0 Å². The van der Waals surface area contributed by atoms with Gasteiger partial charge in [0.1, 0.15) is 6.17 Å². The standard InChI is InChI=1S/C53H35N3/c1-4-14-42-38(11-1)30-48(46-18-8-6-16-44(42)46)35-23-25-36(26-24-35)51-32-52(49-31-39-12-2-5-15-43(39)45-17-7-9-19-47(45)49)56-53(55-51)37-27-21-34(22-28-37)41-29-40-13-3-10-20-50(40)54-33-41/h1-33,53,55H. The average Bonchev–Trinajstić information content (AvgIpc) is 3.28. The highest BCUT2D eigenvalue weighted by molar-refractivity contribution is 6.24. The summed E-state index contributed by atoms with van der Waals surface area (Å²) in [7, 11) is 0. The van der Waals surface area contributed by atoms with Crippen molar-refractivity contribution < 1.29 is 0 Å². The Kier molecular flexibility index (Phi) is 7.56. The Balaban J connectivity index is 1.02. The average molecular weight is 714 g/mol. The highest BCUT2D eigenvalue weighted by Gasteiger charge is 2.22. The van der Waals surface area contributed by atoms with Gasteiger partial charge in [0.05, 0.1) is 11.2 Å². The lowest BCUT2D eigenvalue weighted by atomic mass is 9.92. The van der Waals surface area contributed by atoms with E-state index in [9.17, 15) is 0 Å². The first kappa shape index (κ1) is 32.1. The van der Waals surface area contributed by atoms with E-state index >= 15 is 0 Å². The number of hydrogen-bond donors (Lipinski definition) is 1. The van der Waals surface area contributed by atoms with Crippen LogP contribution in [0, 0.1) is 0 Å². The van der Waals surface area contributed by atoms with Gasteiger partial charge in [0.2, 0.25) is 0 Å². The van der Waals surface area contributed by atoms with Crippen molar-refractivity contribution in [3.8, 4) is 22.3 Å². The lowest BCUT2D eigenvalue weighted by Crippen LogP contribution is -2.25. The molecule has 2 heterocycles. The van der Waals surface area contributed by atoms with E-state index in [0.29, 0.717) is 0 Å². The SMILES string of the molecule is C1=C(c2ccc(-c3cc4ccccc4c4ccccc34)cc2)NC(c2ccc(-c3cnc4ccccc4c3)cc2)N=C1c1cc2ccccc2c2ccccc12. The fraction of sp³-hybridized carbons (Fsp3) is 0.0189. The predicted octanol–water partition coefficient (Wildman–Crippen LogP) is 13.3. The number of allylic oxidation sites excluding steroid dienone is 1. The van der Waals surface area contributed by atoms with Crippen LogP contribution in [0.15, 0.2) is 205 Å². The van der Waals surface area contributed by atoms with Crippen molar-refractivity contribution in [3.63, 3.8) is 0 Å². The molecular weight excluding hydrogens is 679 g/mol. The number of aromatic nitrogens is 1. The molecule has 0 saturated heterocycles. The number of benzene rings is 9. The molecule has 9 aromatic carbocycles. The molecule has 0 spiro atoms. The Morgan fingerprint density at radius 3 is 1.59 bits per heavy atom. The van der Waals surface area contributed by atoms with E-state index in [1.807, 2.05) is 12.3 Å². The van der Waals surface area contributed by atoms with Crippen LogP contribution in [0.5, 0.6) is 0 Å². The molecule has 1 unspecified atom stereocenters. The maximum absolute atomic E-state index is 5.44. The molecule has 10 aromatic rings. The Labute approximate surface area is 324 Å². The van der Waals surface area contributed by atoms with Crippen molar-refractivity contribution in [2.24, 2.45) is 4.99 Å². The number of rotatable bonds is 5. The Morgan fingerprint density at radius 2 is 0.911 bits per heavy atom. The summed E-state index contributed by atoms with van der Waals surface area (Å²) in [4.78, 5) is 10.2. The molecule has 0 fully saturated rings. The maximum atomic E-state index is 5.44. The molecule has 0 aliphatic carbocycles. The summed E-state index contributed by atoms with van der Waals surface area (Å²) in [6.45, 7) is 0. The van der Waals surface area contributed by atoms with Crippen molar-refractivity contribution in [3.05, 3.63) is 217 Å². The van der Waals surface area contributed by atoms with Gasteiger partial charge in [-0.15, -0.1) is 0 Å². The molecular formula is C53H35N3. The Bertz CT molecular complexity index is 3210. The van der Waals surface area contributed by atoms with Crippen LogP contribution < -0.4 is 5.32 Å². The third-order valence-electron chi connectivity index (χ3n) is 11.3. The van der Waals surface area contributed by atoms with E-state index in [2.05, 4.69) is 193 Å². The van der Waals surface area contributed by atoms with Crippen molar-refractivity contribution in [1.82, 2.24) is 10.3 Å². The van der Waals surface area contributed by atoms with E-state index in [-0.39, 0.29) is 6.17 Å². The zero-order chi connectivity index (χ0) is 37.0.